The van der Waals surface area contributed by atoms with Gasteiger partial charge in [0.05, 0.1) is 0 Å². The highest BCUT2D eigenvalue weighted by Gasteiger charge is 2.27. The maximum Gasteiger partial charge on any atom is 0.194 e. The minimum absolute atomic E-state index is 0.173. The Morgan fingerprint density at radius 2 is 1.56 bits per heavy atom. The van der Waals surface area contributed by atoms with Crippen molar-refractivity contribution in [1.29, 1.82) is 0 Å². The first kappa shape index (κ1) is 10.9. The fourth-order valence-corrected chi connectivity index (χ4v) is 2.15. The summed E-state index contributed by atoms with van der Waals surface area (Å²) < 4.78 is 0. The first-order valence-electron chi connectivity index (χ1n) is 5.53. The molecule has 0 aromatic heterocycles. The number of allylic oxidation sites excluding steroid dienone is 4. The molecule has 0 bridgehead atoms. The number of carbonyl (C=O) groups is 1. The molecule has 0 unspecified atom stereocenters. The smallest absolute Gasteiger partial charge is 0.194 e. The third-order valence-corrected chi connectivity index (χ3v) is 3.30. The largest absolute Gasteiger partial charge is 0.289 e. The van der Waals surface area contributed by atoms with E-state index in [1.807, 2.05) is 52.0 Å². The number of rotatable bonds is 1. The van der Waals surface area contributed by atoms with Crippen molar-refractivity contribution < 1.29 is 4.79 Å². The average Bonchev–Trinajstić information content (AvgIpc) is 2.52. The number of fused-ring (bicyclic) bond motifs is 1. The molecule has 0 aliphatic heterocycles. The van der Waals surface area contributed by atoms with Crippen molar-refractivity contribution in [3.63, 3.8) is 0 Å². The molecule has 1 aliphatic carbocycles. The summed E-state index contributed by atoms with van der Waals surface area (Å²) in [6, 6.07) is 7.83. The summed E-state index contributed by atoms with van der Waals surface area (Å²) in [4.78, 5) is 12.3. The summed E-state index contributed by atoms with van der Waals surface area (Å²) in [7, 11) is 0. The van der Waals surface area contributed by atoms with E-state index in [0.29, 0.717) is 0 Å². The van der Waals surface area contributed by atoms with Gasteiger partial charge in [-0.15, -0.1) is 0 Å². The lowest BCUT2D eigenvalue weighted by Crippen LogP contribution is -2.00. The third kappa shape index (κ3) is 1.44. The quantitative estimate of drug-likeness (QED) is 0.687. The molecule has 1 aliphatic rings. The third-order valence-electron chi connectivity index (χ3n) is 3.30. The van der Waals surface area contributed by atoms with Gasteiger partial charge in [-0.1, -0.05) is 29.8 Å². The van der Waals surface area contributed by atoms with E-state index in [1.54, 1.807) is 0 Å². The molecule has 0 fully saturated rings. The molecule has 0 radical (unpaired) electrons. The molecule has 2 rings (SSSR count). The molecule has 1 aromatic rings. The van der Waals surface area contributed by atoms with Crippen LogP contribution in [0.1, 0.15) is 43.6 Å². The highest BCUT2D eigenvalue weighted by molar-refractivity contribution is 6.22. The lowest BCUT2D eigenvalue weighted by molar-refractivity contribution is 0.104. The summed E-state index contributed by atoms with van der Waals surface area (Å²) in [5.74, 6) is 0.173. The predicted molar refractivity (Wildman–Crippen MR) is 67.4 cm³/mol. The van der Waals surface area contributed by atoms with Crippen LogP contribution in [-0.2, 0) is 0 Å². The van der Waals surface area contributed by atoms with Gasteiger partial charge >= 0.3 is 0 Å². The second kappa shape index (κ2) is 3.75. The van der Waals surface area contributed by atoms with Crippen LogP contribution >= 0.6 is 0 Å². The maximum atomic E-state index is 12.3. The number of hydrogen-bond donors (Lipinski definition) is 0. The van der Waals surface area contributed by atoms with Gasteiger partial charge in [0.25, 0.3) is 0 Å². The minimum Gasteiger partial charge on any atom is -0.289 e. The van der Waals surface area contributed by atoms with Crippen LogP contribution in [0, 0.1) is 0 Å². The van der Waals surface area contributed by atoms with Gasteiger partial charge < -0.3 is 0 Å². The zero-order chi connectivity index (χ0) is 11.9. The highest BCUT2D eigenvalue weighted by Crippen LogP contribution is 2.36. The maximum absolute atomic E-state index is 12.3. The van der Waals surface area contributed by atoms with Gasteiger partial charge in [-0.3, -0.25) is 4.79 Å². The monoisotopic (exact) mass is 212 g/mol. The van der Waals surface area contributed by atoms with Gasteiger partial charge in [-0.2, -0.15) is 0 Å². The van der Waals surface area contributed by atoms with E-state index in [-0.39, 0.29) is 5.78 Å². The molecule has 0 N–H and O–H groups in total. The molecule has 0 saturated heterocycles. The summed E-state index contributed by atoms with van der Waals surface area (Å²) in [5, 5.41) is 0. The van der Waals surface area contributed by atoms with Crippen molar-refractivity contribution in [1.82, 2.24) is 0 Å². The number of carbonyl (C=O) groups excluding carboxylic acids is 1. The van der Waals surface area contributed by atoms with Gasteiger partial charge in [-0.25, -0.2) is 0 Å². The van der Waals surface area contributed by atoms with Crippen LogP contribution in [-0.4, -0.2) is 5.78 Å². The molecular weight excluding hydrogens is 196 g/mol. The van der Waals surface area contributed by atoms with Crippen LogP contribution in [0.15, 0.2) is 41.0 Å². The molecule has 1 heteroatoms. The fraction of sp³-hybridized carbons (Fsp3) is 0.267. The van der Waals surface area contributed by atoms with Crippen LogP contribution in [0.5, 0.6) is 0 Å². The van der Waals surface area contributed by atoms with Crippen molar-refractivity contribution in [2.75, 3.05) is 0 Å². The average molecular weight is 212 g/mol. The number of ketones is 1. The summed E-state index contributed by atoms with van der Waals surface area (Å²) in [6.45, 7) is 8.15. The highest BCUT2D eigenvalue weighted by atomic mass is 16.1. The zero-order valence-electron chi connectivity index (χ0n) is 10.2. The molecule has 0 heterocycles. The van der Waals surface area contributed by atoms with Gasteiger partial charge in [0.1, 0.15) is 0 Å². The van der Waals surface area contributed by atoms with Crippen LogP contribution in [0.4, 0.5) is 0 Å². The standard InChI is InChI=1S/C15H16O/c1-9(2)10(3)14-11(4)12-7-5-6-8-13(12)15(14)16/h5-8H,1-4H3. The Kier molecular flexibility index (Phi) is 2.55. The Morgan fingerprint density at radius 1 is 1.00 bits per heavy atom. The Labute approximate surface area is 96.5 Å². The molecule has 0 amide bonds. The molecule has 82 valence electrons. The second-order valence-corrected chi connectivity index (χ2v) is 4.50. The van der Waals surface area contributed by atoms with Crippen LogP contribution in [0.25, 0.3) is 5.57 Å². The Hall–Kier alpha value is -1.63. The fourth-order valence-electron chi connectivity index (χ4n) is 2.15. The van der Waals surface area contributed by atoms with E-state index in [1.165, 1.54) is 5.57 Å². The summed E-state index contributed by atoms with van der Waals surface area (Å²) in [6.07, 6.45) is 0. The molecular formula is C15H16O. The normalized spacial score (nSPS) is 14.1. The van der Waals surface area contributed by atoms with Gasteiger partial charge in [-0.05, 0) is 44.4 Å². The van der Waals surface area contributed by atoms with Crippen LogP contribution in [0.2, 0.25) is 0 Å². The number of hydrogen-bond acceptors (Lipinski definition) is 1. The van der Waals surface area contributed by atoms with E-state index in [4.69, 9.17) is 0 Å². The van der Waals surface area contributed by atoms with Crippen molar-refractivity contribution in [2.24, 2.45) is 0 Å². The number of Topliss-reactive ketones (excluding diaryl/α,β-unsaturated/α-hetero) is 1. The first-order chi connectivity index (χ1) is 7.54. The van der Waals surface area contributed by atoms with E-state index >= 15 is 0 Å². The van der Waals surface area contributed by atoms with Crippen LogP contribution < -0.4 is 0 Å². The van der Waals surface area contributed by atoms with Gasteiger partial charge in [0.2, 0.25) is 0 Å². The van der Waals surface area contributed by atoms with E-state index in [2.05, 4.69) is 0 Å². The first-order valence-corrected chi connectivity index (χ1v) is 5.53. The second-order valence-electron chi connectivity index (χ2n) is 4.50. The molecule has 0 saturated carbocycles. The SMILES string of the molecule is CC(C)=C(C)C1=C(C)c2ccccc2C1=O. The predicted octanol–water partition coefficient (Wildman–Crippen LogP) is 4.01. The Balaban J connectivity index is 2.66. The molecule has 16 heavy (non-hydrogen) atoms. The van der Waals surface area contributed by atoms with Crippen LogP contribution in [0.3, 0.4) is 0 Å². The van der Waals surface area contributed by atoms with E-state index in [0.717, 1.165) is 27.8 Å². The topological polar surface area (TPSA) is 17.1 Å². The van der Waals surface area contributed by atoms with Gasteiger partial charge in [0, 0.05) is 11.1 Å². The van der Waals surface area contributed by atoms with Gasteiger partial charge in [0.15, 0.2) is 5.78 Å². The lowest BCUT2D eigenvalue weighted by atomic mass is 9.98. The Morgan fingerprint density at radius 3 is 2.06 bits per heavy atom. The number of benzene rings is 1. The minimum atomic E-state index is 0.173. The van der Waals surface area contributed by atoms with Crippen molar-refractivity contribution in [3.8, 4) is 0 Å². The van der Waals surface area contributed by atoms with E-state index in [9.17, 15) is 4.79 Å². The summed E-state index contributed by atoms with van der Waals surface area (Å²) in [5.41, 5.74) is 6.24. The molecule has 1 nitrogen and oxygen atoms in total. The van der Waals surface area contributed by atoms with Crippen molar-refractivity contribution in [3.05, 3.63) is 52.1 Å². The van der Waals surface area contributed by atoms with Crippen molar-refractivity contribution in [2.45, 2.75) is 27.7 Å². The van der Waals surface area contributed by atoms with Crippen molar-refractivity contribution >= 4 is 11.4 Å². The van der Waals surface area contributed by atoms with E-state index < -0.39 is 0 Å². The zero-order valence-corrected chi connectivity index (χ0v) is 10.2. The molecule has 0 spiro atoms. The Bertz CT molecular complexity index is 526. The molecule has 1 aromatic carbocycles. The molecule has 0 atom stereocenters. The summed E-state index contributed by atoms with van der Waals surface area (Å²) >= 11 is 0. The lowest BCUT2D eigenvalue weighted by Gasteiger charge is -2.05.